The van der Waals surface area contributed by atoms with E-state index < -0.39 is 10.5 Å². The molecule has 0 saturated carbocycles. The van der Waals surface area contributed by atoms with E-state index in [9.17, 15) is 10.1 Å². The Labute approximate surface area is 80.5 Å². The van der Waals surface area contributed by atoms with E-state index in [4.69, 9.17) is 11.9 Å². The van der Waals surface area contributed by atoms with Gasteiger partial charge in [-0.05, 0) is 6.08 Å². The molecule has 5 heteroatoms. The molecule has 0 aromatic heterocycles. The molecule has 0 heterocycles. The normalized spacial score (nSPS) is 26.8. The first-order valence-corrected chi connectivity index (χ1v) is 3.96. The Hall–Kier alpha value is -1.13. The van der Waals surface area contributed by atoms with E-state index in [0.717, 1.165) is 6.20 Å². The highest BCUT2D eigenvalue weighted by atomic mass is 35.5. The van der Waals surface area contributed by atoms with Gasteiger partial charge in [-0.3, -0.25) is 14.4 Å². The van der Waals surface area contributed by atoms with Gasteiger partial charge in [-0.15, -0.1) is 0 Å². The number of halogens is 1. The van der Waals surface area contributed by atoms with Crippen molar-refractivity contribution in [1.82, 2.24) is 0 Å². The highest BCUT2D eigenvalue weighted by Gasteiger charge is 2.26. The third-order valence-electron chi connectivity index (χ3n) is 1.68. The highest BCUT2D eigenvalue weighted by molar-refractivity contribution is 6.07. The minimum Gasteiger partial charge on any atom is -0.263 e. The van der Waals surface area contributed by atoms with Gasteiger partial charge >= 0.3 is 0 Å². The van der Waals surface area contributed by atoms with E-state index in [0.29, 0.717) is 6.42 Å². The Morgan fingerprint density at radius 2 is 2.38 bits per heavy atom. The van der Waals surface area contributed by atoms with E-state index in [-0.39, 0.29) is 0 Å². The van der Waals surface area contributed by atoms with Crippen LogP contribution < -0.4 is 0 Å². The first kappa shape index (κ1) is 9.95. The lowest BCUT2D eigenvalue weighted by atomic mass is 9.96. The number of nitro groups is 1. The molecule has 0 aliphatic heterocycles. The quantitative estimate of drug-likeness (QED) is 0.520. The molecule has 1 atom stereocenters. The zero-order valence-corrected chi connectivity index (χ0v) is 7.48. The summed E-state index contributed by atoms with van der Waals surface area (Å²) in [5.41, 5.74) is -0.872. The number of nitrogens with zero attached hydrogens (tertiary/aromatic N) is 1. The number of hydrogen-bond donors (Lipinski definition) is 0. The third kappa shape index (κ3) is 2.68. The van der Waals surface area contributed by atoms with Crippen LogP contribution in [0.5, 0.6) is 0 Å². The molecule has 0 aromatic carbocycles. The van der Waals surface area contributed by atoms with Gasteiger partial charge in [0.25, 0.3) is 0 Å². The van der Waals surface area contributed by atoms with Crippen LogP contribution in [0.2, 0.25) is 0 Å². The Kier molecular flexibility index (Phi) is 3.22. The predicted octanol–water partition coefficient (Wildman–Crippen LogP) is 2.20. The minimum atomic E-state index is -0.872. The summed E-state index contributed by atoms with van der Waals surface area (Å²) in [5, 5.41) is 10.1. The van der Waals surface area contributed by atoms with Crippen LogP contribution in [0, 0.1) is 10.1 Å². The summed E-state index contributed by atoms with van der Waals surface area (Å²) in [5.74, 6) is 0. The van der Waals surface area contributed by atoms with Gasteiger partial charge in [0, 0.05) is 12.5 Å². The molecular weight excluding hydrogens is 194 g/mol. The Morgan fingerprint density at radius 1 is 1.62 bits per heavy atom. The van der Waals surface area contributed by atoms with Crippen LogP contribution in [0.1, 0.15) is 6.42 Å². The van der Waals surface area contributed by atoms with Gasteiger partial charge < -0.3 is 0 Å². The van der Waals surface area contributed by atoms with Crippen LogP contribution in [-0.2, 0) is 4.29 Å². The van der Waals surface area contributed by atoms with Crippen molar-refractivity contribution in [3.05, 3.63) is 46.7 Å². The standard InChI is InChI=1S/C8H8ClNO3/c9-13-8(6-7-10(11)12)4-2-1-3-5-8/h1-4,6-7H,5H2. The number of rotatable bonds is 3. The van der Waals surface area contributed by atoms with Crippen molar-refractivity contribution >= 4 is 11.9 Å². The van der Waals surface area contributed by atoms with Gasteiger partial charge in [-0.25, -0.2) is 0 Å². The van der Waals surface area contributed by atoms with Crippen LogP contribution in [0.4, 0.5) is 0 Å². The molecule has 1 aliphatic carbocycles. The average molecular weight is 202 g/mol. The molecule has 0 spiro atoms. The summed E-state index contributed by atoms with van der Waals surface area (Å²) in [4.78, 5) is 9.53. The molecule has 0 fully saturated rings. The van der Waals surface area contributed by atoms with E-state index >= 15 is 0 Å². The van der Waals surface area contributed by atoms with Crippen LogP contribution in [0.3, 0.4) is 0 Å². The molecule has 0 amide bonds. The van der Waals surface area contributed by atoms with E-state index in [1.807, 2.05) is 12.2 Å². The second-order valence-electron chi connectivity index (χ2n) is 2.62. The summed E-state index contributed by atoms with van der Waals surface area (Å²) in [6.07, 6.45) is 9.69. The molecule has 0 N–H and O–H groups in total. The van der Waals surface area contributed by atoms with Gasteiger partial charge in [0.2, 0.25) is 6.20 Å². The van der Waals surface area contributed by atoms with Crippen molar-refractivity contribution in [3.8, 4) is 0 Å². The van der Waals surface area contributed by atoms with Gasteiger partial charge in [-0.1, -0.05) is 18.2 Å². The maximum atomic E-state index is 10.1. The molecule has 0 radical (unpaired) electrons. The summed E-state index contributed by atoms with van der Waals surface area (Å²) in [6.45, 7) is 0. The van der Waals surface area contributed by atoms with Crippen molar-refractivity contribution in [2.45, 2.75) is 12.0 Å². The van der Waals surface area contributed by atoms with Crippen molar-refractivity contribution in [3.63, 3.8) is 0 Å². The lowest BCUT2D eigenvalue weighted by Gasteiger charge is -2.22. The van der Waals surface area contributed by atoms with E-state index in [2.05, 4.69) is 4.29 Å². The zero-order chi connectivity index (χ0) is 9.73. The van der Waals surface area contributed by atoms with Crippen LogP contribution in [-0.4, -0.2) is 10.5 Å². The fraction of sp³-hybridized carbons (Fsp3) is 0.250. The van der Waals surface area contributed by atoms with Crippen molar-refractivity contribution in [2.24, 2.45) is 0 Å². The first-order chi connectivity index (χ1) is 6.18. The summed E-state index contributed by atoms with van der Waals surface area (Å²) in [6, 6.07) is 0. The third-order valence-corrected chi connectivity index (χ3v) is 1.97. The smallest absolute Gasteiger partial charge is 0.233 e. The molecule has 1 aliphatic rings. The fourth-order valence-corrected chi connectivity index (χ4v) is 1.18. The van der Waals surface area contributed by atoms with Gasteiger partial charge in [-0.2, -0.15) is 0 Å². The van der Waals surface area contributed by atoms with Crippen molar-refractivity contribution in [2.75, 3.05) is 0 Å². The van der Waals surface area contributed by atoms with Crippen molar-refractivity contribution in [1.29, 1.82) is 0 Å². The van der Waals surface area contributed by atoms with Gasteiger partial charge in [0.15, 0.2) is 0 Å². The van der Waals surface area contributed by atoms with Crippen molar-refractivity contribution < 1.29 is 9.21 Å². The average Bonchev–Trinajstić information content (AvgIpc) is 2.16. The van der Waals surface area contributed by atoms with Gasteiger partial charge in [0.05, 0.1) is 16.8 Å². The molecular formula is C8H8ClNO3. The SMILES string of the molecule is O=[N+]([O-])C=CC1(OCl)C=CC=CC1. The Balaban J connectivity index is 2.76. The summed E-state index contributed by atoms with van der Waals surface area (Å²) < 4.78 is 4.67. The molecule has 1 unspecified atom stereocenters. The second kappa shape index (κ2) is 4.20. The highest BCUT2D eigenvalue weighted by Crippen LogP contribution is 2.25. The molecule has 0 aromatic rings. The number of allylic oxidation sites excluding steroid dienone is 2. The van der Waals surface area contributed by atoms with Crippen LogP contribution in [0.25, 0.3) is 0 Å². The van der Waals surface area contributed by atoms with E-state index in [1.54, 1.807) is 12.2 Å². The summed E-state index contributed by atoms with van der Waals surface area (Å²) in [7, 11) is 0. The minimum absolute atomic E-state index is 0.497. The summed E-state index contributed by atoms with van der Waals surface area (Å²) >= 11 is 5.26. The van der Waals surface area contributed by atoms with Gasteiger partial charge in [0.1, 0.15) is 5.60 Å². The number of hydrogen-bond acceptors (Lipinski definition) is 3. The van der Waals surface area contributed by atoms with Crippen LogP contribution >= 0.6 is 11.9 Å². The molecule has 1 rings (SSSR count). The molecule has 70 valence electrons. The van der Waals surface area contributed by atoms with Crippen LogP contribution in [0.15, 0.2) is 36.6 Å². The monoisotopic (exact) mass is 201 g/mol. The second-order valence-corrected chi connectivity index (χ2v) is 2.78. The fourth-order valence-electron chi connectivity index (χ4n) is 1.01. The predicted molar refractivity (Wildman–Crippen MR) is 48.7 cm³/mol. The first-order valence-electron chi connectivity index (χ1n) is 3.65. The molecule has 4 nitrogen and oxygen atoms in total. The maximum absolute atomic E-state index is 10.1. The Morgan fingerprint density at radius 3 is 2.85 bits per heavy atom. The molecule has 0 bridgehead atoms. The Bertz CT molecular complexity index is 285. The molecule has 0 saturated heterocycles. The van der Waals surface area contributed by atoms with E-state index in [1.165, 1.54) is 6.08 Å². The largest absolute Gasteiger partial charge is 0.263 e. The maximum Gasteiger partial charge on any atom is 0.233 e. The zero-order valence-electron chi connectivity index (χ0n) is 6.72. The topological polar surface area (TPSA) is 52.4 Å². The molecule has 13 heavy (non-hydrogen) atoms. The lowest BCUT2D eigenvalue weighted by Crippen LogP contribution is -2.24. The lowest BCUT2D eigenvalue weighted by molar-refractivity contribution is -0.403.